The Kier molecular flexibility index (Phi) is 6.33. The summed E-state index contributed by atoms with van der Waals surface area (Å²) in [5.74, 6) is -0.440. The lowest BCUT2D eigenvalue weighted by atomic mass is 9.96. The number of rotatable bonds is 6. The van der Waals surface area contributed by atoms with Gasteiger partial charge in [-0.05, 0) is 49.9 Å². The van der Waals surface area contributed by atoms with E-state index in [-0.39, 0.29) is 23.6 Å². The van der Waals surface area contributed by atoms with Gasteiger partial charge in [0, 0.05) is 6.54 Å². The first-order valence-corrected chi connectivity index (χ1v) is 9.42. The van der Waals surface area contributed by atoms with E-state index in [2.05, 4.69) is 20.9 Å². The lowest BCUT2D eigenvalue weighted by Crippen LogP contribution is -2.29. The van der Waals surface area contributed by atoms with E-state index in [4.69, 9.17) is 0 Å². The molecule has 2 aromatic rings. The maximum absolute atomic E-state index is 12.8. The van der Waals surface area contributed by atoms with E-state index < -0.39 is 11.7 Å². The van der Waals surface area contributed by atoms with Gasteiger partial charge in [-0.25, -0.2) is 4.68 Å². The Balaban J connectivity index is 1.51. The standard InChI is InChI=1S/C19H24F3N5O/c1-13(14-3-2-4-15(11-14)19(20,21)22)5-10-24-18(28)17-12-27(26-25-17)16-6-8-23-9-7-16/h2-4,11-13,16,23H,5-10H2,1H3,(H,24,28). The van der Waals surface area contributed by atoms with Crippen molar-refractivity contribution in [2.75, 3.05) is 19.6 Å². The van der Waals surface area contributed by atoms with E-state index in [1.165, 1.54) is 6.07 Å². The smallest absolute Gasteiger partial charge is 0.351 e. The van der Waals surface area contributed by atoms with Crippen LogP contribution in [0.15, 0.2) is 30.5 Å². The SMILES string of the molecule is CC(CCNC(=O)c1cn(C2CCNCC2)nn1)c1cccc(C(F)(F)F)c1. The summed E-state index contributed by atoms with van der Waals surface area (Å²) in [6.45, 7) is 4.02. The van der Waals surface area contributed by atoms with Crippen LogP contribution in [0.2, 0.25) is 0 Å². The van der Waals surface area contributed by atoms with Gasteiger partial charge in [-0.15, -0.1) is 5.10 Å². The highest BCUT2D eigenvalue weighted by atomic mass is 19.4. The topological polar surface area (TPSA) is 71.8 Å². The maximum atomic E-state index is 12.8. The van der Waals surface area contributed by atoms with Crippen molar-refractivity contribution in [2.24, 2.45) is 0 Å². The molecule has 2 heterocycles. The summed E-state index contributed by atoms with van der Waals surface area (Å²) >= 11 is 0. The lowest BCUT2D eigenvalue weighted by Gasteiger charge is -2.22. The fourth-order valence-electron chi connectivity index (χ4n) is 3.31. The molecule has 9 heteroatoms. The molecule has 1 saturated heterocycles. The second-order valence-electron chi connectivity index (χ2n) is 7.13. The van der Waals surface area contributed by atoms with Gasteiger partial charge in [-0.2, -0.15) is 13.2 Å². The Bertz CT molecular complexity index is 799. The average molecular weight is 395 g/mol. The van der Waals surface area contributed by atoms with Crippen molar-refractivity contribution in [1.82, 2.24) is 25.6 Å². The zero-order valence-electron chi connectivity index (χ0n) is 15.7. The van der Waals surface area contributed by atoms with Gasteiger partial charge in [-0.1, -0.05) is 30.3 Å². The monoisotopic (exact) mass is 395 g/mol. The number of nitrogens with one attached hydrogen (secondary N) is 2. The Morgan fingerprint density at radius 3 is 2.82 bits per heavy atom. The van der Waals surface area contributed by atoms with E-state index in [9.17, 15) is 18.0 Å². The van der Waals surface area contributed by atoms with Gasteiger partial charge in [0.15, 0.2) is 5.69 Å². The molecule has 0 radical (unpaired) electrons. The third-order valence-corrected chi connectivity index (χ3v) is 5.07. The number of carbonyl (C=O) groups is 1. The van der Waals surface area contributed by atoms with Crippen LogP contribution in [0.4, 0.5) is 13.2 Å². The van der Waals surface area contributed by atoms with Gasteiger partial charge in [0.2, 0.25) is 0 Å². The molecule has 28 heavy (non-hydrogen) atoms. The van der Waals surface area contributed by atoms with Gasteiger partial charge >= 0.3 is 6.18 Å². The number of benzene rings is 1. The van der Waals surface area contributed by atoms with Crippen molar-refractivity contribution in [3.8, 4) is 0 Å². The third-order valence-electron chi connectivity index (χ3n) is 5.07. The van der Waals surface area contributed by atoms with Crippen molar-refractivity contribution >= 4 is 5.91 Å². The van der Waals surface area contributed by atoms with Gasteiger partial charge in [-0.3, -0.25) is 4.79 Å². The molecule has 1 aromatic heterocycles. The molecule has 2 N–H and O–H groups in total. The van der Waals surface area contributed by atoms with E-state index >= 15 is 0 Å². The number of halogens is 3. The molecule has 3 rings (SSSR count). The van der Waals surface area contributed by atoms with Crippen LogP contribution in [0.25, 0.3) is 0 Å². The normalized spacial score (nSPS) is 16.7. The molecule has 0 aliphatic carbocycles. The predicted octanol–water partition coefficient (Wildman–Crippen LogP) is 3.15. The van der Waals surface area contributed by atoms with Crippen molar-refractivity contribution in [3.05, 3.63) is 47.3 Å². The summed E-state index contributed by atoms with van der Waals surface area (Å²) in [4.78, 5) is 12.3. The fourth-order valence-corrected chi connectivity index (χ4v) is 3.31. The fraction of sp³-hybridized carbons (Fsp3) is 0.526. The number of hydrogen-bond donors (Lipinski definition) is 2. The number of aromatic nitrogens is 3. The minimum atomic E-state index is -4.36. The molecule has 0 spiro atoms. The van der Waals surface area contributed by atoms with Crippen LogP contribution in [0.5, 0.6) is 0 Å². The maximum Gasteiger partial charge on any atom is 0.416 e. The van der Waals surface area contributed by atoms with E-state index in [1.807, 2.05) is 6.92 Å². The molecule has 0 saturated carbocycles. The molecular weight excluding hydrogens is 371 g/mol. The lowest BCUT2D eigenvalue weighted by molar-refractivity contribution is -0.137. The Morgan fingerprint density at radius 1 is 1.36 bits per heavy atom. The van der Waals surface area contributed by atoms with Crippen LogP contribution in [0, 0.1) is 0 Å². The van der Waals surface area contributed by atoms with Crippen LogP contribution in [0.3, 0.4) is 0 Å². The number of alkyl halides is 3. The number of piperidine rings is 1. The summed E-state index contributed by atoms with van der Waals surface area (Å²) < 4.78 is 40.3. The molecule has 1 atom stereocenters. The summed E-state index contributed by atoms with van der Waals surface area (Å²) in [6, 6.07) is 5.55. The molecule has 1 aromatic carbocycles. The minimum Gasteiger partial charge on any atom is -0.351 e. The van der Waals surface area contributed by atoms with E-state index in [0.717, 1.165) is 38.1 Å². The quantitative estimate of drug-likeness (QED) is 0.788. The number of hydrogen-bond acceptors (Lipinski definition) is 4. The van der Waals surface area contributed by atoms with Crippen LogP contribution in [-0.4, -0.2) is 40.5 Å². The molecule has 1 fully saturated rings. The predicted molar refractivity (Wildman–Crippen MR) is 98.0 cm³/mol. The highest BCUT2D eigenvalue weighted by Gasteiger charge is 2.30. The average Bonchev–Trinajstić information content (AvgIpc) is 3.18. The second-order valence-corrected chi connectivity index (χ2v) is 7.13. The molecule has 1 aliphatic rings. The van der Waals surface area contributed by atoms with Gasteiger partial charge in [0.1, 0.15) is 0 Å². The molecule has 6 nitrogen and oxygen atoms in total. The van der Waals surface area contributed by atoms with Crippen LogP contribution < -0.4 is 10.6 Å². The number of amides is 1. The largest absolute Gasteiger partial charge is 0.416 e. The first-order valence-electron chi connectivity index (χ1n) is 9.42. The summed E-state index contributed by atoms with van der Waals surface area (Å²) in [5, 5.41) is 14.0. The summed E-state index contributed by atoms with van der Waals surface area (Å²) in [6.07, 6.45) is -0.293. The highest BCUT2D eigenvalue weighted by Crippen LogP contribution is 2.31. The van der Waals surface area contributed by atoms with E-state index in [0.29, 0.717) is 18.5 Å². The molecule has 0 bridgehead atoms. The van der Waals surface area contributed by atoms with Crippen molar-refractivity contribution in [3.63, 3.8) is 0 Å². The molecule has 1 amide bonds. The van der Waals surface area contributed by atoms with Gasteiger partial charge in [0.25, 0.3) is 5.91 Å². The summed E-state index contributed by atoms with van der Waals surface area (Å²) in [5.41, 5.74) is 0.196. The van der Waals surface area contributed by atoms with Crippen LogP contribution in [0.1, 0.15) is 59.8 Å². The third kappa shape index (κ3) is 5.09. The Labute approximate surface area is 161 Å². The highest BCUT2D eigenvalue weighted by molar-refractivity contribution is 5.91. The second kappa shape index (κ2) is 8.72. The minimum absolute atomic E-state index is 0.118. The van der Waals surface area contributed by atoms with Crippen LogP contribution >= 0.6 is 0 Å². The van der Waals surface area contributed by atoms with Gasteiger partial charge in [0.05, 0.1) is 17.8 Å². The van der Waals surface area contributed by atoms with Crippen molar-refractivity contribution in [2.45, 2.75) is 44.3 Å². The van der Waals surface area contributed by atoms with Crippen molar-refractivity contribution < 1.29 is 18.0 Å². The Morgan fingerprint density at radius 2 is 2.11 bits per heavy atom. The summed E-state index contributed by atoms with van der Waals surface area (Å²) in [7, 11) is 0. The van der Waals surface area contributed by atoms with E-state index in [1.54, 1.807) is 16.9 Å². The number of nitrogens with zero attached hydrogens (tertiary/aromatic N) is 3. The first kappa shape index (κ1) is 20.3. The zero-order chi connectivity index (χ0) is 20.1. The van der Waals surface area contributed by atoms with Crippen molar-refractivity contribution in [1.29, 1.82) is 0 Å². The number of carbonyl (C=O) groups excluding carboxylic acids is 1. The Hall–Kier alpha value is -2.42. The first-order chi connectivity index (χ1) is 13.3. The van der Waals surface area contributed by atoms with Crippen LogP contribution in [-0.2, 0) is 6.18 Å². The zero-order valence-corrected chi connectivity index (χ0v) is 15.7. The molecule has 152 valence electrons. The van der Waals surface area contributed by atoms with Gasteiger partial charge < -0.3 is 10.6 Å². The molecular formula is C19H24F3N5O. The molecule has 1 aliphatic heterocycles. The molecule has 1 unspecified atom stereocenters.